The van der Waals surface area contributed by atoms with Crippen molar-refractivity contribution in [2.24, 2.45) is 0 Å². The average molecular weight is 307 g/mol. The van der Waals surface area contributed by atoms with Crippen molar-refractivity contribution >= 4 is 38.4 Å². The van der Waals surface area contributed by atoms with E-state index in [0.717, 1.165) is 28.6 Å². The van der Waals surface area contributed by atoms with Gasteiger partial charge in [0.15, 0.2) is 0 Å². The first-order valence-corrected chi connectivity index (χ1v) is 6.84. The van der Waals surface area contributed by atoms with Crippen LogP contribution in [0.4, 0.5) is 5.69 Å². The first-order chi connectivity index (χ1) is 8.63. The molecule has 0 radical (unpaired) electrons. The maximum atomic E-state index is 11.9. The first-order valence-electron chi connectivity index (χ1n) is 5.92. The number of aromatic nitrogens is 1. The van der Waals surface area contributed by atoms with Gasteiger partial charge in [0.05, 0.1) is 16.0 Å². The minimum atomic E-state index is -0.162. The van der Waals surface area contributed by atoms with Gasteiger partial charge < -0.3 is 5.32 Å². The number of pyridine rings is 1. The lowest BCUT2D eigenvalue weighted by molar-refractivity contribution is -0.115. The summed E-state index contributed by atoms with van der Waals surface area (Å²) in [6.45, 7) is 3.98. The highest BCUT2D eigenvalue weighted by molar-refractivity contribution is 9.10. The van der Waals surface area contributed by atoms with Crippen LogP contribution in [0.25, 0.3) is 10.9 Å². The van der Waals surface area contributed by atoms with Crippen LogP contribution in [0.2, 0.25) is 0 Å². The lowest BCUT2D eigenvalue weighted by atomic mass is 10.1. The molecule has 0 spiro atoms. The summed E-state index contributed by atoms with van der Waals surface area (Å²) in [6.07, 6.45) is 2.52. The minimum absolute atomic E-state index is 0.0218. The highest BCUT2D eigenvalue weighted by Crippen LogP contribution is 2.25. The van der Waals surface area contributed by atoms with Gasteiger partial charge in [-0.15, -0.1) is 0 Å². The van der Waals surface area contributed by atoms with Crippen molar-refractivity contribution in [1.29, 1.82) is 0 Å². The maximum absolute atomic E-state index is 11.9. The molecule has 1 atom stereocenters. The number of halogens is 1. The zero-order valence-corrected chi connectivity index (χ0v) is 12.0. The molecule has 1 unspecified atom stereocenters. The standard InChI is InChI=1S/C14H15BrN2O/c1-3-11(15)14(18)17-12-7-6-9(2)13-10(12)5-4-8-16-13/h4-8,11H,3H2,1-2H3,(H,17,18). The summed E-state index contributed by atoms with van der Waals surface area (Å²) in [6, 6.07) is 7.75. The molecular weight excluding hydrogens is 292 g/mol. The van der Waals surface area contributed by atoms with Gasteiger partial charge in [-0.3, -0.25) is 9.78 Å². The Morgan fingerprint density at radius 1 is 1.44 bits per heavy atom. The van der Waals surface area contributed by atoms with Crippen LogP contribution in [0, 0.1) is 6.92 Å². The fourth-order valence-corrected chi connectivity index (χ4v) is 1.93. The summed E-state index contributed by atoms with van der Waals surface area (Å²) < 4.78 is 0. The van der Waals surface area contributed by atoms with Gasteiger partial charge >= 0.3 is 0 Å². The monoisotopic (exact) mass is 306 g/mol. The zero-order valence-electron chi connectivity index (χ0n) is 10.4. The number of aryl methyl sites for hydroxylation is 1. The van der Waals surface area contributed by atoms with Crippen molar-refractivity contribution in [3.63, 3.8) is 0 Å². The van der Waals surface area contributed by atoms with Crippen LogP contribution in [0.5, 0.6) is 0 Å². The van der Waals surface area contributed by atoms with Gasteiger partial charge in [-0.05, 0) is 37.1 Å². The third-order valence-corrected chi connectivity index (χ3v) is 3.94. The summed E-state index contributed by atoms with van der Waals surface area (Å²) >= 11 is 3.35. The molecule has 94 valence electrons. The second kappa shape index (κ2) is 5.48. The average Bonchev–Trinajstić information content (AvgIpc) is 2.41. The number of hydrogen-bond acceptors (Lipinski definition) is 2. The lowest BCUT2D eigenvalue weighted by Gasteiger charge is -2.12. The molecule has 1 N–H and O–H groups in total. The van der Waals surface area contributed by atoms with E-state index in [1.54, 1.807) is 6.20 Å². The van der Waals surface area contributed by atoms with E-state index in [9.17, 15) is 4.79 Å². The number of hydrogen-bond donors (Lipinski definition) is 1. The Labute approximate surface area is 115 Å². The van der Waals surface area contributed by atoms with Crippen LogP contribution in [-0.4, -0.2) is 15.7 Å². The molecule has 1 heterocycles. The number of anilines is 1. The van der Waals surface area contributed by atoms with Crippen LogP contribution < -0.4 is 5.32 Å². The molecule has 0 aliphatic rings. The van der Waals surface area contributed by atoms with Crippen molar-refractivity contribution in [1.82, 2.24) is 4.98 Å². The van der Waals surface area contributed by atoms with E-state index in [2.05, 4.69) is 26.2 Å². The van der Waals surface area contributed by atoms with Crippen molar-refractivity contribution in [2.45, 2.75) is 25.1 Å². The van der Waals surface area contributed by atoms with Crippen LogP contribution in [0.15, 0.2) is 30.5 Å². The third kappa shape index (κ3) is 2.53. The molecule has 4 heteroatoms. The van der Waals surface area contributed by atoms with Crippen LogP contribution in [0.1, 0.15) is 18.9 Å². The van der Waals surface area contributed by atoms with Gasteiger partial charge in [-0.2, -0.15) is 0 Å². The van der Waals surface area contributed by atoms with Crippen LogP contribution in [-0.2, 0) is 4.79 Å². The number of carbonyl (C=O) groups is 1. The SMILES string of the molecule is CCC(Br)C(=O)Nc1ccc(C)c2ncccc12. The molecule has 0 aliphatic heterocycles. The number of alkyl halides is 1. The Morgan fingerprint density at radius 2 is 2.22 bits per heavy atom. The Bertz CT molecular complexity index is 583. The van der Waals surface area contributed by atoms with Crippen molar-refractivity contribution in [2.75, 3.05) is 5.32 Å². The van der Waals surface area contributed by atoms with Gasteiger partial charge in [0, 0.05) is 11.6 Å². The number of nitrogens with one attached hydrogen (secondary N) is 1. The Balaban J connectivity index is 2.40. The molecule has 0 saturated heterocycles. The topological polar surface area (TPSA) is 42.0 Å². The van der Waals surface area contributed by atoms with Gasteiger partial charge in [0.25, 0.3) is 0 Å². The highest BCUT2D eigenvalue weighted by atomic mass is 79.9. The summed E-state index contributed by atoms with van der Waals surface area (Å²) in [7, 11) is 0. The Hall–Kier alpha value is -1.42. The number of nitrogens with zero attached hydrogens (tertiary/aromatic N) is 1. The summed E-state index contributed by atoms with van der Waals surface area (Å²) in [5, 5.41) is 3.91. The Morgan fingerprint density at radius 3 is 2.94 bits per heavy atom. The molecule has 1 amide bonds. The fourth-order valence-electron chi connectivity index (χ4n) is 1.82. The minimum Gasteiger partial charge on any atom is -0.324 e. The predicted octanol–water partition coefficient (Wildman–Crippen LogP) is 3.66. The van der Waals surface area contributed by atoms with Crippen molar-refractivity contribution in [3.05, 3.63) is 36.0 Å². The van der Waals surface area contributed by atoms with E-state index in [1.807, 2.05) is 38.1 Å². The number of fused-ring (bicyclic) bond motifs is 1. The molecule has 18 heavy (non-hydrogen) atoms. The maximum Gasteiger partial charge on any atom is 0.238 e. The fraction of sp³-hybridized carbons (Fsp3) is 0.286. The quantitative estimate of drug-likeness (QED) is 0.879. The predicted molar refractivity (Wildman–Crippen MR) is 78.1 cm³/mol. The molecule has 3 nitrogen and oxygen atoms in total. The van der Waals surface area contributed by atoms with E-state index in [4.69, 9.17) is 0 Å². The molecular formula is C14H15BrN2O. The van der Waals surface area contributed by atoms with Gasteiger partial charge in [-0.1, -0.05) is 28.9 Å². The van der Waals surface area contributed by atoms with Gasteiger partial charge in [0.2, 0.25) is 5.91 Å². The van der Waals surface area contributed by atoms with E-state index in [0.29, 0.717) is 0 Å². The summed E-state index contributed by atoms with van der Waals surface area (Å²) in [4.78, 5) is 16.1. The van der Waals surface area contributed by atoms with Crippen molar-refractivity contribution < 1.29 is 4.79 Å². The number of rotatable bonds is 3. The summed E-state index contributed by atoms with van der Waals surface area (Å²) in [5.74, 6) is -0.0218. The Kier molecular flexibility index (Phi) is 3.97. The smallest absolute Gasteiger partial charge is 0.238 e. The molecule has 1 aromatic heterocycles. The van der Waals surface area contributed by atoms with Crippen molar-refractivity contribution in [3.8, 4) is 0 Å². The van der Waals surface area contributed by atoms with E-state index in [-0.39, 0.29) is 10.7 Å². The first kappa shape index (κ1) is 13.0. The second-order valence-electron chi connectivity index (χ2n) is 4.19. The van der Waals surface area contributed by atoms with E-state index < -0.39 is 0 Å². The third-order valence-electron chi connectivity index (χ3n) is 2.87. The van der Waals surface area contributed by atoms with Crippen LogP contribution >= 0.6 is 15.9 Å². The number of carbonyl (C=O) groups excluding carboxylic acids is 1. The van der Waals surface area contributed by atoms with Crippen LogP contribution in [0.3, 0.4) is 0 Å². The van der Waals surface area contributed by atoms with E-state index >= 15 is 0 Å². The molecule has 1 aromatic carbocycles. The molecule has 2 rings (SSSR count). The lowest BCUT2D eigenvalue weighted by Crippen LogP contribution is -2.22. The largest absolute Gasteiger partial charge is 0.324 e. The highest BCUT2D eigenvalue weighted by Gasteiger charge is 2.14. The molecule has 0 saturated carbocycles. The molecule has 0 fully saturated rings. The molecule has 0 aliphatic carbocycles. The van der Waals surface area contributed by atoms with E-state index in [1.165, 1.54) is 0 Å². The summed E-state index contributed by atoms with van der Waals surface area (Å²) in [5.41, 5.74) is 2.85. The molecule has 2 aromatic rings. The van der Waals surface area contributed by atoms with Gasteiger partial charge in [0.1, 0.15) is 0 Å². The number of benzene rings is 1. The zero-order chi connectivity index (χ0) is 13.1. The normalized spacial score (nSPS) is 12.4. The number of amides is 1. The van der Waals surface area contributed by atoms with Gasteiger partial charge in [-0.25, -0.2) is 0 Å². The molecule has 0 bridgehead atoms. The second-order valence-corrected chi connectivity index (χ2v) is 5.30.